The van der Waals surface area contributed by atoms with Crippen molar-refractivity contribution in [2.45, 2.75) is 19.8 Å². The van der Waals surface area contributed by atoms with E-state index < -0.39 is 0 Å². The largest absolute Gasteiger partial charge is 0.508 e. The molecular formula is C23H28O5. The Morgan fingerprint density at radius 3 is 1.82 bits per heavy atom. The molecule has 0 aliphatic carbocycles. The van der Waals surface area contributed by atoms with Crippen LogP contribution in [0.1, 0.15) is 30.0 Å². The Balaban J connectivity index is 2.36. The number of aromatic hydroxyl groups is 1. The van der Waals surface area contributed by atoms with E-state index in [0.29, 0.717) is 29.4 Å². The third kappa shape index (κ3) is 5.00. The molecule has 5 nitrogen and oxygen atoms in total. The lowest BCUT2D eigenvalue weighted by molar-refractivity contribution is 0.324. The van der Waals surface area contributed by atoms with Gasteiger partial charge in [0, 0.05) is 5.56 Å². The highest BCUT2D eigenvalue weighted by atomic mass is 16.5. The third-order valence-electron chi connectivity index (χ3n) is 4.38. The minimum absolute atomic E-state index is 0.213. The van der Waals surface area contributed by atoms with Gasteiger partial charge in [-0.05, 0) is 55.2 Å². The van der Waals surface area contributed by atoms with Crippen LogP contribution in [0.2, 0.25) is 0 Å². The zero-order valence-electron chi connectivity index (χ0n) is 17.2. The number of hydrogen-bond donors (Lipinski definition) is 1. The normalized spacial score (nSPS) is 10.8. The van der Waals surface area contributed by atoms with Crippen LogP contribution in [0.3, 0.4) is 0 Å². The summed E-state index contributed by atoms with van der Waals surface area (Å²) >= 11 is 0. The van der Waals surface area contributed by atoms with Gasteiger partial charge in [-0.3, -0.25) is 0 Å². The molecule has 5 heteroatoms. The van der Waals surface area contributed by atoms with E-state index in [9.17, 15) is 5.11 Å². The summed E-state index contributed by atoms with van der Waals surface area (Å²) in [6.07, 6.45) is 5.28. The summed E-state index contributed by atoms with van der Waals surface area (Å²) in [6.45, 7) is 5.88. The van der Waals surface area contributed by atoms with Crippen LogP contribution in [-0.4, -0.2) is 33.5 Å². The first-order chi connectivity index (χ1) is 13.4. The quantitative estimate of drug-likeness (QED) is 0.481. The highest BCUT2D eigenvalue weighted by molar-refractivity contribution is 5.74. The lowest BCUT2D eigenvalue weighted by Crippen LogP contribution is -1.95. The molecule has 0 unspecified atom stereocenters. The maximum Gasteiger partial charge on any atom is 0.203 e. The van der Waals surface area contributed by atoms with Crippen molar-refractivity contribution in [3.63, 3.8) is 0 Å². The first kappa shape index (κ1) is 21.2. The van der Waals surface area contributed by atoms with Crippen molar-refractivity contribution in [3.8, 4) is 28.7 Å². The fourth-order valence-electron chi connectivity index (χ4n) is 2.91. The van der Waals surface area contributed by atoms with Crippen LogP contribution in [0.5, 0.6) is 28.7 Å². The monoisotopic (exact) mass is 384 g/mol. The summed E-state index contributed by atoms with van der Waals surface area (Å²) in [7, 11) is 6.33. The maximum absolute atomic E-state index is 10.4. The second kappa shape index (κ2) is 9.74. The van der Waals surface area contributed by atoms with E-state index in [1.165, 1.54) is 0 Å². The molecule has 2 rings (SSSR count). The van der Waals surface area contributed by atoms with Crippen LogP contribution in [0.25, 0.3) is 12.2 Å². The van der Waals surface area contributed by atoms with E-state index in [-0.39, 0.29) is 5.75 Å². The number of phenols is 1. The summed E-state index contributed by atoms with van der Waals surface area (Å²) < 4.78 is 21.6. The molecular weight excluding hydrogens is 356 g/mol. The Kier molecular flexibility index (Phi) is 7.38. The zero-order valence-corrected chi connectivity index (χ0v) is 17.2. The van der Waals surface area contributed by atoms with Crippen molar-refractivity contribution in [2.75, 3.05) is 28.4 Å². The van der Waals surface area contributed by atoms with Crippen LogP contribution in [-0.2, 0) is 6.42 Å². The van der Waals surface area contributed by atoms with Crippen molar-refractivity contribution < 1.29 is 24.1 Å². The Hall–Kier alpha value is -3.08. The van der Waals surface area contributed by atoms with Crippen LogP contribution < -0.4 is 18.9 Å². The van der Waals surface area contributed by atoms with Gasteiger partial charge in [-0.25, -0.2) is 0 Å². The van der Waals surface area contributed by atoms with E-state index in [1.54, 1.807) is 34.5 Å². The molecule has 0 spiro atoms. The summed E-state index contributed by atoms with van der Waals surface area (Å²) in [5.74, 6) is 2.58. The van der Waals surface area contributed by atoms with E-state index in [2.05, 4.69) is 6.58 Å². The molecule has 0 saturated heterocycles. The average Bonchev–Trinajstić information content (AvgIpc) is 2.69. The number of ether oxygens (including phenoxy) is 4. The second-order valence-electron chi connectivity index (χ2n) is 6.47. The highest BCUT2D eigenvalue weighted by Crippen LogP contribution is 2.39. The predicted molar refractivity (Wildman–Crippen MR) is 113 cm³/mol. The number of methoxy groups -OCH3 is 4. The smallest absolute Gasteiger partial charge is 0.203 e. The molecule has 2 aromatic carbocycles. The van der Waals surface area contributed by atoms with Crippen molar-refractivity contribution in [3.05, 3.63) is 53.1 Å². The fourth-order valence-corrected chi connectivity index (χ4v) is 2.91. The SMILES string of the molecule is C=C(C)CCc1c(O)cc(C=Cc2cc(OC)c(OC)c(OC)c2)cc1OC. The van der Waals surface area contributed by atoms with Gasteiger partial charge in [0.05, 0.1) is 28.4 Å². The van der Waals surface area contributed by atoms with Crippen LogP contribution in [0.15, 0.2) is 36.4 Å². The number of hydrogen-bond acceptors (Lipinski definition) is 5. The summed E-state index contributed by atoms with van der Waals surface area (Å²) in [4.78, 5) is 0. The molecule has 0 radical (unpaired) electrons. The van der Waals surface area contributed by atoms with E-state index in [0.717, 1.165) is 28.7 Å². The average molecular weight is 384 g/mol. The summed E-state index contributed by atoms with van der Waals surface area (Å²) in [5, 5.41) is 10.4. The van der Waals surface area contributed by atoms with Gasteiger partial charge in [-0.1, -0.05) is 17.7 Å². The third-order valence-corrected chi connectivity index (χ3v) is 4.38. The van der Waals surface area contributed by atoms with Crippen LogP contribution >= 0.6 is 0 Å². The molecule has 28 heavy (non-hydrogen) atoms. The molecule has 0 amide bonds. The molecule has 0 aliphatic heterocycles. The molecule has 0 aromatic heterocycles. The zero-order chi connectivity index (χ0) is 20.7. The minimum atomic E-state index is 0.213. The van der Waals surface area contributed by atoms with Crippen molar-refractivity contribution in [1.29, 1.82) is 0 Å². The van der Waals surface area contributed by atoms with Gasteiger partial charge < -0.3 is 24.1 Å². The highest BCUT2D eigenvalue weighted by Gasteiger charge is 2.13. The number of phenolic OH excluding ortho intramolecular Hbond substituents is 1. The van der Waals surface area contributed by atoms with Crippen molar-refractivity contribution in [1.82, 2.24) is 0 Å². The second-order valence-corrected chi connectivity index (χ2v) is 6.47. The van der Waals surface area contributed by atoms with Gasteiger partial charge in [0.15, 0.2) is 11.5 Å². The molecule has 0 fully saturated rings. The minimum Gasteiger partial charge on any atom is -0.508 e. The summed E-state index contributed by atoms with van der Waals surface area (Å²) in [6, 6.07) is 7.35. The van der Waals surface area contributed by atoms with E-state index >= 15 is 0 Å². The van der Waals surface area contributed by atoms with Crippen molar-refractivity contribution in [2.24, 2.45) is 0 Å². The van der Waals surface area contributed by atoms with Gasteiger partial charge in [-0.15, -0.1) is 6.58 Å². The first-order valence-corrected chi connectivity index (χ1v) is 8.95. The molecule has 0 aliphatic rings. The van der Waals surface area contributed by atoms with Gasteiger partial charge in [-0.2, -0.15) is 0 Å². The van der Waals surface area contributed by atoms with E-state index in [1.807, 2.05) is 37.3 Å². The van der Waals surface area contributed by atoms with E-state index in [4.69, 9.17) is 18.9 Å². The molecule has 2 aromatic rings. The number of allylic oxidation sites excluding steroid dienone is 1. The molecule has 0 bridgehead atoms. The Morgan fingerprint density at radius 2 is 1.36 bits per heavy atom. The topological polar surface area (TPSA) is 57.2 Å². The predicted octanol–water partition coefficient (Wildman–Crippen LogP) is 5.11. The molecule has 0 atom stereocenters. The van der Waals surface area contributed by atoms with Crippen molar-refractivity contribution >= 4 is 12.2 Å². The lowest BCUT2D eigenvalue weighted by Gasteiger charge is -2.13. The van der Waals surface area contributed by atoms with Crippen LogP contribution in [0, 0.1) is 0 Å². The standard InChI is InChI=1S/C23H28O5/c1-15(2)7-10-18-19(24)11-16(12-20(18)25-3)8-9-17-13-21(26-4)23(28-6)22(14-17)27-5/h8-9,11-14,24H,1,7,10H2,2-6H3. The van der Waals surface area contributed by atoms with Gasteiger partial charge >= 0.3 is 0 Å². The van der Waals surface area contributed by atoms with Gasteiger partial charge in [0.2, 0.25) is 5.75 Å². The fraction of sp³-hybridized carbons (Fsp3) is 0.304. The Labute approximate surface area is 166 Å². The Morgan fingerprint density at radius 1 is 0.857 bits per heavy atom. The maximum atomic E-state index is 10.4. The molecule has 1 N–H and O–H groups in total. The lowest BCUT2D eigenvalue weighted by atomic mass is 10.0. The molecule has 0 saturated carbocycles. The number of benzene rings is 2. The molecule has 0 heterocycles. The first-order valence-electron chi connectivity index (χ1n) is 8.95. The number of rotatable bonds is 9. The Bertz CT molecular complexity index is 843. The van der Waals surface area contributed by atoms with Gasteiger partial charge in [0.1, 0.15) is 11.5 Å². The molecule has 150 valence electrons. The summed E-state index contributed by atoms with van der Waals surface area (Å²) in [5.41, 5.74) is 3.55. The van der Waals surface area contributed by atoms with Gasteiger partial charge in [0.25, 0.3) is 0 Å². The van der Waals surface area contributed by atoms with Crippen LogP contribution in [0.4, 0.5) is 0 Å².